The van der Waals surface area contributed by atoms with Crippen LogP contribution in [0.5, 0.6) is 0 Å². The van der Waals surface area contributed by atoms with Gasteiger partial charge in [-0.05, 0) is 68.5 Å². The Morgan fingerprint density at radius 1 is 1.06 bits per heavy atom. The van der Waals surface area contributed by atoms with Gasteiger partial charge in [-0.1, -0.05) is 30.7 Å². The smallest absolute Gasteiger partial charge is 0.253 e. The highest BCUT2D eigenvalue weighted by Gasteiger charge is 2.34. The van der Waals surface area contributed by atoms with Gasteiger partial charge in [0.15, 0.2) is 0 Å². The summed E-state index contributed by atoms with van der Waals surface area (Å²) < 4.78 is 13.2. The molecule has 2 N–H and O–H groups in total. The molecule has 176 valence electrons. The summed E-state index contributed by atoms with van der Waals surface area (Å²) in [4.78, 5) is 40.4. The minimum absolute atomic E-state index is 0.0302. The van der Waals surface area contributed by atoms with E-state index in [2.05, 4.69) is 10.6 Å². The van der Waals surface area contributed by atoms with Crippen LogP contribution in [-0.4, -0.2) is 47.8 Å². The molecule has 0 spiro atoms. The molecule has 1 heterocycles. The van der Waals surface area contributed by atoms with Crippen LogP contribution in [0.15, 0.2) is 48.5 Å². The molecule has 2 atom stereocenters. The topological polar surface area (TPSA) is 78.5 Å². The van der Waals surface area contributed by atoms with Gasteiger partial charge in [-0.25, -0.2) is 4.39 Å². The molecule has 0 radical (unpaired) electrons. The van der Waals surface area contributed by atoms with Gasteiger partial charge in [0.05, 0.1) is 10.6 Å². The Morgan fingerprint density at radius 3 is 2.30 bits per heavy atom. The fraction of sp³-hybridized carbons (Fsp3) is 0.400. The van der Waals surface area contributed by atoms with Gasteiger partial charge < -0.3 is 15.5 Å². The number of halogens is 2. The number of carbonyl (C=O) groups excluding carboxylic acids is 3. The molecule has 3 rings (SSSR count). The van der Waals surface area contributed by atoms with E-state index < -0.39 is 17.8 Å². The van der Waals surface area contributed by atoms with E-state index in [1.165, 1.54) is 24.3 Å². The second-order valence-corrected chi connectivity index (χ2v) is 8.79. The van der Waals surface area contributed by atoms with Crippen molar-refractivity contribution in [2.24, 2.45) is 5.92 Å². The van der Waals surface area contributed by atoms with Crippen LogP contribution in [0.4, 0.5) is 4.39 Å². The number of likely N-dealkylation sites (tertiary alicyclic amines) is 1. The van der Waals surface area contributed by atoms with Gasteiger partial charge >= 0.3 is 0 Å². The molecule has 0 aromatic heterocycles. The summed E-state index contributed by atoms with van der Waals surface area (Å²) >= 11 is 6.17. The highest BCUT2D eigenvalue weighted by atomic mass is 35.5. The number of amides is 3. The molecule has 2 aromatic carbocycles. The maximum atomic E-state index is 13.2. The molecule has 0 aliphatic carbocycles. The van der Waals surface area contributed by atoms with Gasteiger partial charge in [0.1, 0.15) is 11.9 Å². The van der Waals surface area contributed by atoms with Gasteiger partial charge in [-0.15, -0.1) is 0 Å². The van der Waals surface area contributed by atoms with E-state index in [1.807, 2.05) is 13.8 Å². The molecular weight excluding hydrogens is 445 g/mol. The highest BCUT2D eigenvalue weighted by Crippen LogP contribution is 2.24. The predicted octanol–water partition coefficient (Wildman–Crippen LogP) is 4.04. The molecule has 2 aromatic rings. The molecule has 0 bridgehead atoms. The molecular formula is C25H29ClFN3O3. The number of hydrogen-bond donors (Lipinski definition) is 2. The van der Waals surface area contributed by atoms with E-state index in [-0.39, 0.29) is 23.8 Å². The Labute approximate surface area is 198 Å². The average Bonchev–Trinajstić information content (AvgIpc) is 2.82. The lowest BCUT2D eigenvalue weighted by Gasteiger charge is -2.36. The van der Waals surface area contributed by atoms with E-state index in [0.29, 0.717) is 42.1 Å². The monoisotopic (exact) mass is 473 g/mol. The number of benzene rings is 2. The minimum atomic E-state index is -0.745. The van der Waals surface area contributed by atoms with Crippen molar-refractivity contribution in [3.8, 4) is 0 Å². The third kappa shape index (κ3) is 6.32. The summed E-state index contributed by atoms with van der Waals surface area (Å²) in [6.45, 7) is 4.77. The number of hydrogen-bond acceptors (Lipinski definition) is 3. The molecule has 1 saturated heterocycles. The fourth-order valence-corrected chi connectivity index (χ4v) is 4.13. The Balaban J connectivity index is 1.71. The zero-order valence-corrected chi connectivity index (χ0v) is 19.6. The Morgan fingerprint density at radius 2 is 1.70 bits per heavy atom. The van der Waals surface area contributed by atoms with Gasteiger partial charge in [0, 0.05) is 24.7 Å². The standard InChI is InChI=1S/C25H29ClFN3O3/c1-3-16(2)28-24(32)22(29-23(31)20-6-4-5-7-21(20)26)17-12-14-30(15-13-17)25(33)18-8-10-19(27)11-9-18/h4-11,16-17,22H,3,12-15H2,1-2H3,(H,28,32)(H,29,31). The van der Waals surface area contributed by atoms with E-state index in [4.69, 9.17) is 11.6 Å². The molecule has 1 aliphatic heterocycles. The first-order valence-corrected chi connectivity index (χ1v) is 11.6. The zero-order valence-electron chi connectivity index (χ0n) is 18.8. The van der Waals surface area contributed by atoms with Crippen LogP contribution in [-0.2, 0) is 4.79 Å². The Bertz CT molecular complexity index is 991. The molecule has 0 saturated carbocycles. The lowest BCUT2D eigenvalue weighted by molar-refractivity contribution is -0.125. The Hall–Kier alpha value is -2.93. The largest absolute Gasteiger partial charge is 0.352 e. The van der Waals surface area contributed by atoms with Gasteiger partial charge in [0.2, 0.25) is 5.91 Å². The van der Waals surface area contributed by atoms with Crippen molar-refractivity contribution in [2.75, 3.05) is 13.1 Å². The third-order valence-electron chi connectivity index (χ3n) is 6.08. The highest BCUT2D eigenvalue weighted by molar-refractivity contribution is 6.33. The normalized spacial score (nSPS) is 16.1. The van der Waals surface area contributed by atoms with Gasteiger partial charge in [0.25, 0.3) is 11.8 Å². The molecule has 6 nitrogen and oxygen atoms in total. The quantitative estimate of drug-likeness (QED) is 0.637. The molecule has 3 amide bonds. The fourth-order valence-electron chi connectivity index (χ4n) is 3.91. The van der Waals surface area contributed by atoms with Crippen LogP contribution >= 0.6 is 11.6 Å². The van der Waals surface area contributed by atoms with Crippen LogP contribution in [0.3, 0.4) is 0 Å². The molecule has 33 heavy (non-hydrogen) atoms. The van der Waals surface area contributed by atoms with E-state index in [9.17, 15) is 18.8 Å². The first kappa shape index (κ1) is 24.7. The van der Waals surface area contributed by atoms with Crippen LogP contribution in [0.25, 0.3) is 0 Å². The third-order valence-corrected chi connectivity index (χ3v) is 6.41. The zero-order chi connectivity index (χ0) is 24.0. The van der Waals surface area contributed by atoms with Crippen molar-refractivity contribution in [3.63, 3.8) is 0 Å². The van der Waals surface area contributed by atoms with Crippen molar-refractivity contribution < 1.29 is 18.8 Å². The molecule has 1 aliphatic rings. The molecule has 8 heteroatoms. The summed E-state index contributed by atoms with van der Waals surface area (Å²) in [5, 5.41) is 6.15. The number of carbonyl (C=O) groups is 3. The van der Waals surface area contributed by atoms with E-state index >= 15 is 0 Å². The minimum Gasteiger partial charge on any atom is -0.352 e. The molecule has 1 fully saturated rings. The number of nitrogens with zero attached hydrogens (tertiary/aromatic N) is 1. The summed E-state index contributed by atoms with van der Waals surface area (Å²) in [5.74, 6) is -1.36. The number of rotatable bonds is 7. The van der Waals surface area contributed by atoms with Crippen LogP contribution in [0.2, 0.25) is 5.02 Å². The van der Waals surface area contributed by atoms with E-state index in [1.54, 1.807) is 29.2 Å². The van der Waals surface area contributed by atoms with Crippen molar-refractivity contribution in [1.29, 1.82) is 0 Å². The van der Waals surface area contributed by atoms with E-state index in [0.717, 1.165) is 6.42 Å². The van der Waals surface area contributed by atoms with Gasteiger partial charge in [-0.3, -0.25) is 14.4 Å². The maximum Gasteiger partial charge on any atom is 0.253 e. The maximum absolute atomic E-state index is 13.2. The number of nitrogens with one attached hydrogen (secondary N) is 2. The Kier molecular flexibility index (Phi) is 8.44. The van der Waals surface area contributed by atoms with Crippen molar-refractivity contribution in [2.45, 2.75) is 45.2 Å². The van der Waals surface area contributed by atoms with Crippen LogP contribution in [0.1, 0.15) is 53.8 Å². The first-order chi connectivity index (χ1) is 15.8. The van der Waals surface area contributed by atoms with Crippen LogP contribution < -0.4 is 10.6 Å². The first-order valence-electron chi connectivity index (χ1n) is 11.2. The summed E-state index contributed by atoms with van der Waals surface area (Å²) in [6, 6.07) is 11.4. The SMILES string of the molecule is CCC(C)NC(=O)C(NC(=O)c1ccccc1Cl)C1CCN(C(=O)c2ccc(F)cc2)CC1. The second kappa shape index (κ2) is 11.3. The lowest BCUT2D eigenvalue weighted by Crippen LogP contribution is -2.55. The van der Waals surface area contributed by atoms with Crippen molar-refractivity contribution in [1.82, 2.24) is 15.5 Å². The number of piperidine rings is 1. The van der Waals surface area contributed by atoms with Crippen molar-refractivity contribution >= 4 is 29.3 Å². The van der Waals surface area contributed by atoms with Gasteiger partial charge in [-0.2, -0.15) is 0 Å². The van der Waals surface area contributed by atoms with Crippen LogP contribution in [0, 0.1) is 11.7 Å². The summed E-state index contributed by atoms with van der Waals surface area (Å²) in [7, 11) is 0. The predicted molar refractivity (Wildman–Crippen MR) is 126 cm³/mol. The molecule has 2 unspecified atom stereocenters. The summed E-state index contributed by atoms with van der Waals surface area (Å²) in [6.07, 6.45) is 1.87. The van der Waals surface area contributed by atoms with Crippen molar-refractivity contribution in [3.05, 3.63) is 70.5 Å². The summed E-state index contributed by atoms with van der Waals surface area (Å²) in [5.41, 5.74) is 0.734. The average molecular weight is 474 g/mol. The lowest BCUT2D eigenvalue weighted by atomic mass is 9.88. The second-order valence-electron chi connectivity index (χ2n) is 8.39.